The van der Waals surface area contributed by atoms with Crippen molar-refractivity contribution in [3.05, 3.63) is 29.8 Å². The minimum absolute atomic E-state index is 0.0162. The highest BCUT2D eigenvalue weighted by atomic mass is 35.5. The van der Waals surface area contributed by atoms with Gasteiger partial charge in [0, 0.05) is 12.2 Å². The molecular formula is C17H8ClF16NO. The number of fused-ring (bicyclic) bond motifs is 1. The molecule has 0 atom stereocenters. The fourth-order valence-electron chi connectivity index (χ4n) is 3.02. The molecule has 1 aliphatic heterocycles. The van der Waals surface area contributed by atoms with Gasteiger partial charge in [0.15, 0.2) is 0 Å². The van der Waals surface area contributed by atoms with Gasteiger partial charge in [0.05, 0.1) is 0 Å². The first-order valence-corrected chi connectivity index (χ1v) is 9.24. The number of halogens is 17. The lowest BCUT2D eigenvalue weighted by Crippen LogP contribution is -2.75. The summed E-state index contributed by atoms with van der Waals surface area (Å²) in [5.41, 5.74) is -0.633. The first-order valence-electron chi connectivity index (χ1n) is 8.86. The van der Waals surface area contributed by atoms with Gasteiger partial charge in [-0.05, 0) is 29.7 Å². The van der Waals surface area contributed by atoms with Crippen LogP contribution in [-0.4, -0.2) is 59.3 Å². The Morgan fingerprint density at radius 3 is 1.47 bits per heavy atom. The van der Waals surface area contributed by atoms with E-state index in [0.29, 0.717) is 0 Å². The largest absolute Gasteiger partial charge is 0.393 e. The van der Waals surface area contributed by atoms with Gasteiger partial charge in [-0.3, -0.25) is 4.79 Å². The van der Waals surface area contributed by atoms with Crippen LogP contribution in [0.15, 0.2) is 24.3 Å². The van der Waals surface area contributed by atoms with Gasteiger partial charge < -0.3 is 4.90 Å². The Labute approximate surface area is 193 Å². The Bertz CT molecular complexity index is 1020. The number of benzene rings is 1. The molecule has 0 saturated carbocycles. The minimum Gasteiger partial charge on any atom is -0.306 e. The van der Waals surface area contributed by atoms with Crippen molar-refractivity contribution in [3.63, 3.8) is 0 Å². The molecule has 206 valence electrons. The predicted molar refractivity (Wildman–Crippen MR) is 87.9 cm³/mol. The molecule has 36 heavy (non-hydrogen) atoms. The van der Waals surface area contributed by atoms with E-state index in [2.05, 4.69) is 11.6 Å². The minimum atomic E-state index is -8.61. The summed E-state index contributed by atoms with van der Waals surface area (Å²) in [6.45, 7) is -0.933. The summed E-state index contributed by atoms with van der Waals surface area (Å²) in [7, 11) is 0. The molecule has 1 aromatic carbocycles. The highest BCUT2D eigenvalue weighted by molar-refractivity contribution is 6.22. The van der Waals surface area contributed by atoms with E-state index in [4.69, 9.17) is 0 Å². The van der Waals surface area contributed by atoms with Crippen LogP contribution in [0.5, 0.6) is 0 Å². The molecule has 1 aromatic rings. The van der Waals surface area contributed by atoms with E-state index in [1.807, 2.05) is 0 Å². The van der Waals surface area contributed by atoms with E-state index in [0.717, 1.165) is 18.2 Å². The molecular weight excluding hydrogens is 574 g/mol. The zero-order valence-corrected chi connectivity index (χ0v) is 17.3. The molecule has 2 rings (SSSR count). The first kappa shape index (κ1) is 30.1. The third kappa shape index (κ3) is 3.68. The fourth-order valence-corrected chi connectivity index (χ4v) is 3.14. The van der Waals surface area contributed by atoms with Crippen LogP contribution in [0.4, 0.5) is 75.9 Å². The third-order valence-corrected chi connectivity index (χ3v) is 5.36. The zero-order valence-electron chi connectivity index (χ0n) is 16.5. The van der Waals surface area contributed by atoms with Gasteiger partial charge in [-0.2, -0.15) is 70.2 Å². The summed E-state index contributed by atoms with van der Waals surface area (Å²) in [6, 6.07) is 4.22. The number of carbonyl (C=O) groups excluding carboxylic acids is 1. The Morgan fingerprint density at radius 1 is 0.639 bits per heavy atom. The molecule has 19 heteroatoms. The molecule has 1 aliphatic rings. The molecule has 0 spiro atoms. The van der Waals surface area contributed by atoms with Crippen molar-refractivity contribution in [2.75, 3.05) is 11.4 Å². The maximum Gasteiger partial charge on any atom is 0.393 e. The standard InChI is InChI=1S/C17H8ClF16NO/c18-17(33,34)16(31,32)15(29,30)14(27,28)13(25,26)12(23,24)11(21,22)10(19,20)9(36)35-6-5-7-3-1-2-4-8(7)35/h1-4H,5-6H2. The lowest BCUT2D eigenvalue weighted by molar-refractivity contribution is -0.446. The maximum absolute atomic E-state index is 14.2. The SMILES string of the molecule is O=C(N1CCc2ccccc21)C(F)(F)C(F)(F)C(F)(F)C(F)(F)C(F)(F)C(F)(F)C(F)(F)C(F)(F)Cl. The van der Waals surface area contributed by atoms with Crippen LogP contribution in [0.1, 0.15) is 5.56 Å². The number of amides is 1. The summed E-state index contributed by atoms with van der Waals surface area (Å²) >= 11 is 3.45. The highest BCUT2D eigenvalue weighted by Crippen LogP contribution is 2.64. The summed E-state index contributed by atoms with van der Waals surface area (Å²) < 4.78 is 217. The molecule has 0 fully saturated rings. The van der Waals surface area contributed by atoms with Gasteiger partial charge in [0.25, 0.3) is 0 Å². The topological polar surface area (TPSA) is 20.3 Å². The number of carbonyl (C=O) groups is 1. The number of anilines is 1. The van der Waals surface area contributed by atoms with Crippen LogP contribution < -0.4 is 4.90 Å². The van der Waals surface area contributed by atoms with Crippen LogP contribution in [0, 0.1) is 0 Å². The van der Waals surface area contributed by atoms with Crippen LogP contribution in [0.3, 0.4) is 0 Å². The highest BCUT2D eigenvalue weighted by Gasteiger charge is 2.95. The quantitative estimate of drug-likeness (QED) is 0.243. The lowest BCUT2D eigenvalue weighted by Gasteiger charge is -2.43. The van der Waals surface area contributed by atoms with Crippen molar-refractivity contribution in [2.24, 2.45) is 0 Å². The molecule has 0 bridgehead atoms. The van der Waals surface area contributed by atoms with E-state index < -0.39 is 65.0 Å². The second kappa shape index (κ2) is 8.18. The molecule has 0 aromatic heterocycles. The number of hydrogen-bond acceptors (Lipinski definition) is 1. The van der Waals surface area contributed by atoms with E-state index in [1.165, 1.54) is 6.07 Å². The van der Waals surface area contributed by atoms with Crippen molar-refractivity contribution in [3.8, 4) is 0 Å². The van der Waals surface area contributed by atoms with Crippen molar-refractivity contribution in [1.82, 2.24) is 0 Å². The van der Waals surface area contributed by atoms with E-state index >= 15 is 0 Å². The van der Waals surface area contributed by atoms with Gasteiger partial charge in [-0.25, -0.2) is 0 Å². The number of rotatable bonds is 8. The Hall–Kier alpha value is -2.14. The van der Waals surface area contributed by atoms with Crippen LogP contribution in [0.25, 0.3) is 0 Å². The van der Waals surface area contributed by atoms with Gasteiger partial charge in [-0.1, -0.05) is 18.2 Å². The molecule has 0 unspecified atom stereocenters. The molecule has 0 saturated heterocycles. The summed E-state index contributed by atoms with van der Waals surface area (Å²) in [5, 5.41) is -6.85. The number of alkyl halides is 17. The van der Waals surface area contributed by atoms with Gasteiger partial charge in [0.1, 0.15) is 0 Å². The molecule has 0 radical (unpaired) electrons. The van der Waals surface area contributed by atoms with Crippen LogP contribution in [0.2, 0.25) is 0 Å². The third-order valence-electron chi connectivity index (χ3n) is 5.12. The van der Waals surface area contributed by atoms with Gasteiger partial charge in [0.2, 0.25) is 0 Å². The maximum atomic E-state index is 14.2. The monoisotopic (exact) mass is 581 g/mol. The van der Waals surface area contributed by atoms with Crippen molar-refractivity contribution in [2.45, 2.75) is 53.3 Å². The van der Waals surface area contributed by atoms with E-state index in [1.54, 1.807) is 0 Å². The summed E-state index contributed by atoms with van der Waals surface area (Å²) in [6.07, 6.45) is -0.359. The first-order chi connectivity index (χ1) is 15.7. The Balaban J connectivity index is 2.59. The Kier molecular flexibility index (Phi) is 6.84. The normalized spacial score (nSPS) is 16.9. The van der Waals surface area contributed by atoms with E-state index in [-0.39, 0.29) is 16.9 Å². The molecule has 1 amide bonds. The fraction of sp³-hybridized carbons (Fsp3) is 0.588. The average molecular weight is 582 g/mol. The predicted octanol–water partition coefficient (Wildman–Crippen LogP) is 6.85. The number of para-hydroxylation sites is 1. The van der Waals surface area contributed by atoms with E-state index in [9.17, 15) is 75.0 Å². The van der Waals surface area contributed by atoms with Crippen molar-refractivity contribution < 1.29 is 75.0 Å². The lowest BCUT2D eigenvalue weighted by atomic mass is 9.89. The molecule has 0 aliphatic carbocycles. The van der Waals surface area contributed by atoms with Gasteiger partial charge in [-0.15, -0.1) is 0 Å². The van der Waals surface area contributed by atoms with Crippen molar-refractivity contribution in [1.29, 1.82) is 0 Å². The van der Waals surface area contributed by atoms with Crippen LogP contribution in [-0.2, 0) is 11.2 Å². The zero-order chi connectivity index (χ0) is 28.6. The van der Waals surface area contributed by atoms with Gasteiger partial charge >= 0.3 is 52.7 Å². The summed E-state index contributed by atoms with van der Waals surface area (Å²) in [4.78, 5) is 11.6. The average Bonchev–Trinajstić information content (AvgIpc) is 3.15. The number of nitrogens with zero attached hydrogens (tertiary/aromatic N) is 1. The second-order valence-corrected chi connectivity index (χ2v) is 7.83. The molecule has 1 heterocycles. The van der Waals surface area contributed by atoms with Crippen LogP contribution >= 0.6 is 11.6 Å². The molecule has 2 nitrogen and oxygen atoms in total. The Morgan fingerprint density at radius 2 is 1.03 bits per heavy atom. The second-order valence-electron chi connectivity index (χ2n) is 7.35. The number of hydrogen-bond donors (Lipinski definition) is 0. The smallest absolute Gasteiger partial charge is 0.306 e. The van der Waals surface area contributed by atoms with Crippen molar-refractivity contribution >= 4 is 23.2 Å². The summed E-state index contributed by atoms with van der Waals surface area (Å²) in [5.74, 6) is -60.2. The molecule has 0 N–H and O–H groups in total.